The van der Waals surface area contributed by atoms with Crippen LogP contribution < -0.4 is 10.2 Å². The molecule has 0 fully saturated rings. The first-order valence-corrected chi connectivity index (χ1v) is 6.50. The lowest BCUT2D eigenvalue weighted by atomic mass is 10.1. The highest BCUT2D eigenvalue weighted by atomic mass is 79.9. The molecule has 0 bridgehead atoms. The highest BCUT2D eigenvalue weighted by molar-refractivity contribution is 9.09. The topological polar surface area (TPSA) is 32.3 Å². The molecule has 0 spiro atoms. The fraction of sp³-hybridized carbons (Fsp3) is 0.250. The Morgan fingerprint density at radius 2 is 2.11 bits per heavy atom. The number of allylic oxidation sites excluding steroid dienone is 1. The number of benzene rings is 1. The summed E-state index contributed by atoms with van der Waals surface area (Å²) in [6, 6.07) is 2.23. The SMILES string of the molecule is O=C1C=CN(c2cc(F)c(NCBr)cc2F)CC1. The van der Waals surface area contributed by atoms with Crippen LogP contribution in [-0.4, -0.2) is 17.8 Å². The minimum atomic E-state index is -0.531. The van der Waals surface area contributed by atoms with E-state index in [4.69, 9.17) is 0 Å². The van der Waals surface area contributed by atoms with Crippen molar-refractivity contribution in [2.45, 2.75) is 6.42 Å². The molecule has 18 heavy (non-hydrogen) atoms. The fourth-order valence-electron chi connectivity index (χ4n) is 1.73. The van der Waals surface area contributed by atoms with Gasteiger partial charge in [-0.05, 0) is 6.08 Å². The van der Waals surface area contributed by atoms with Gasteiger partial charge in [-0.15, -0.1) is 0 Å². The predicted octanol–water partition coefficient (Wildman–Crippen LogP) is 3.02. The number of ketones is 1. The second-order valence-corrected chi connectivity index (χ2v) is 4.38. The first-order chi connectivity index (χ1) is 8.61. The van der Waals surface area contributed by atoms with E-state index in [1.165, 1.54) is 17.2 Å². The standard InChI is InChI=1S/C12H11BrF2N2O/c13-7-16-11-5-10(15)12(6-9(11)14)17-3-1-8(18)2-4-17/h1,3,5-6,16H,2,4,7H2. The summed E-state index contributed by atoms with van der Waals surface area (Å²) in [5, 5.41) is 2.66. The smallest absolute Gasteiger partial charge is 0.158 e. The van der Waals surface area contributed by atoms with Crippen molar-refractivity contribution in [2.24, 2.45) is 0 Å². The molecule has 6 heteroatoms. The Labute approximate surface area is 112 Å². The van der Waals surface area contributed by atoms with Crippen LogP contribution in [0.15, 0.2) is 24.4 Å². The molecule has 1 aromatic carbocycles. The van der Waals surface area contributed by atoms with Crippen LogP contribution >= 0.6 is 15.9 Å². The third kappa shape index (κ3) is 2.69. The molecule has 0 aliphatic carbocycles. The second-order valence-electron chi connectivity index (χ2n) is 3.82. The van der Waals surface area contributed by atoms with Gasteiger partial charge >= 0.3 is 0 Å². The van der Waals surface area contributed by atoms with Crippen molar-refractivity contribution < 1.29 is 13.6 Å². The van der Waals surface area contributed by atoms with Gasteiger partial charge in [0.25, 0.3) is 0 Å². The van der Waals surface area contributed by atoms with E-state index in [-0.39, 0.29) is 17.2 Å². The number of hydrogen-bond donors (Lipinski definition) is 1. The number of nitrogens with one attached hydrogen (secondary N) is 1. The van der Waals surface area contributed by atoms with E-state index in [1.54, 1.807) is 0 Å². The van der Waals surface area contributed by atoms with E-state index in [0.717, 1.165) is 12.1 Å². The van der Waals surface area contributed by atoms with Crippen LogP contribution in [0.25, 0.3) is 0 Å². The van der Waals surface area contributed by atoms with Crippen molar-refractivity contribution in [1.29, 1.82) is 0 Å². The quantitative estimate of drug-likeness (QED) is 0.687. The molecular formula is C12H11BrF2N2O. The average Bonchev–Trinajstić information content (AvgIpc) is 2.35. The van der Waals surface area contributed by atoms with Crippen LogP contribution in [0.2, 0.25) is 0 Å². The van der Waals surface area contributed by atoms with Crippen LogP contribution in [0, 0.1) is 11.6 Å². The maximum absolute atomic E-state index is 13.9. The number of nitrogens with zero attached hydrogens (tertiary/aromatic N) is 1. The molecule has 0 atom stereocenters. The summed E-state index contributed by atoms with van der Waals surface area (Å²) in [6.07, 6.45) is 3.14. The lowest BCUT2D eigenvalue weighted by Crippen LogP contribution is -2.25. The highest BCUT2D eigenvalue weighted by Crippen LogP contribution is 2.27. The molecule has 1 aromatic rings. The molecule has 0 saturated heterocycles. The average molecular weight is 317 g/mol. The van der Waals surface area contributed by atoms with Crippen LogP contribution in [-0.2, 0) is 4.79 Å². The van der Waals surface area contributed by atoms with E-state index < -0.39 is 11.6 Å². The summed E-state index contributed by atoms with van der Waals surface area (Å²) >= 11 is 3.09. The number of halogens is 3. The maximum atomic E-state index is 13.9. The van der Waals surface area contributed by atoms with Gasteiger partial charge in [-0.25, -0.2) is 8.78 Å². The van der Waals surface area contributed by atoms with E-state index in [9.17, 15) is 13.6 Å². The van der Waals surface area contributed by atoms with Gasteiger partial charge in [-0.3, -0.25) is 4.79 Å². The third-order valence-electron chi connectivity index (χ3n) is 2.64. The normalized spacial score (nSPS) is 15.1. The Morgan fingerprint density at radius 3 is 2.72 bits per heavy atom. The molecule has 1 aliphatic rings. The zero-order valence-corrected chi connectivity index (χ0v) is 11.0. The van der Waals surface area contributed by atoms with E-state index in [2.05, 4.69) is 21.2 Å². The molecule has 1 N–H and O–H groups in total. The molecule has 96 valence electrons. The number of hydrogen-bond acceptors (Lipinski definition) is 3. The molecule has 1 aliphatic heterocycles. The first-order valence-electron chi connectivity index (χ1n) is 5.38. The number of rotatable bonds is 3. The van der Waals surface area contributed by atoms with Gasteiger partial charge in [0.2, 0.25) is 0 Å². The van der Waals surface area contributed by atoms with Crippen LogP contribution in [0.3, 0.4) is 0 Å². The van der Waals surface area contributed by atoms with Crippen LogP contribution in [0.5, 0.6) is 0 Å². The molecule has 0 amide bonds. The van der Waals surface area contributed by atoms with Crippen molar-refractivity contribution in [1.82, 2.24) is 0 Å². The van der Waals surface area contributed by atoms with Gasteiger partial charge < -0.3 is 10.2 Å². The summed E-state index contributed by atoms with van der Waals surface area (Å²) in [4.78, 5) is 12.6. The Bertz CT molecular complexity index is 505. The second kappa shape index (κ2) is 5.48. The number of carbonyl (C=O) groups excluding carboxylic acids is 1. The molecule has 0 radical (unpaired) electrons. The maximum Gasteiger partial charge on any atom is 0.158 e. The van der Waals surface area contributed by atoms with E-state index in [0.29, 0.717) is 18.4 Å². The third-order valence-corrected chi connectivity index (χ3v) is 2.92. The molecule has 2 rings (SSSR count). The van der Waals surface area contributed by atoms with Gasteiger partial charge in [0.1, 0.15) is 11.6 Å². The van der Waals surface area contributed by atoms with E-state index >= 15 is 0 Å². The van der Waals surface area contributed by atoms with Gasteiger partial charge in [-0.1, -0.05) is 15.9 Å². The lowest BCUT2D eigenvalue weighted by molar-refractivity contribution is -0.114. The Hall–Kier alpha value is -1.43. The molecule has 1 heterocycles. The molecule has 0 saturated carbocycles. The van der Waals surface area contributed by atoms with Gasteiger partial charge in [0.15, 0.2) is 5.78 Å². The van der Waals surface area contributed by atoms with Crippen molar-refractivity contribution in [3.63, 3.8) is 0 Å². The number of carbonyl (C=O) groups is 1. The molecule has 3 nitrogen and oxygen atoms in total. The lowest BCUT2D eigenvalue weighted by Gasteiger charge is -2.23. The number of anilines is 2. The summed E-state index contributed by atoms with van der Waals surface area (Å²) in [7, 11) is 0. The number of alkyl halides is 1. The van der Waals surface area contributed by atoms with E-state index in [1.807, 2.05) is 0 Å². The van der Waals surface area contributed by atoms with Crippen molar-refractivity contribution >= 4 is 33.1 Å². The van der Waals surface area contributed by atoms with Crippen molar-refractivity contribution in [3.05, 3.63) is 36.0 Å². The highest BCUT2D eigenvalue weighted by Gasteiger charge is 2.17. The zero-order valence-electron chi connectivity index (χ0n) is 9.42. The largest absolute Gasteiger partial charge is 0.373 e. The van der Waals surface area contributed by atoms with Gasteiger partial charge in [-0.2, -0.15) is 0 Å². The van der Waals surface area contributed by atoms with Crippen LogP contribution in [0.4, 0.5) is 20.2 Å². The minimum Gasteiger partial charge on any atom is -0.373 e. The monoisotopic (exact) mass is 316 g/mol. The van der Waals surface area contributed by atoms with Crippen molar-refractivity contribution in [3.8, 4) is 0 Å². The van der Waals surface area contributed by atoms with Gasteiger partial charge in [0, 0.05) is 31.3 Å². The summed E-state index contributed by atoms with van der Waals surface area (Å²) in [6.45, 7) is 0.358. The minimum absolute atomic E-state index is 0.00953. The summed E-state index contributed by atoms with van der Waals surface area (Å²) in [5.41, 5.74) is 0.572. The first kappa shape index (κ1) is 13.0. The summed E-state index contributed by atoms with van der Waals surface area (Å²) < 4.78 is 27.5. The molecule has 0 aromatic heterocycles. The zero-order chi connectivity index (χ0) is 13.1. The Kier molecular flexibility index (Phi) is 3.96. The molecular weight excluding hydrogens is 306 g/mol. The Morgan fingerprint density at radius 1 is 1.33 bits per heavy atom. The Balaban J connectivity index is 2.31. The predicted molar refractivity (Wildman–Crippen MR) is 69.9 cm³/mol. The molecule has 0 unspecified atom stereocenters. The fourth-order valence-corrected chi connectivity index (χ4v) is 2.03. The van der Waals surface area contributed by atoms with Crippen molar-refractivity contribution in [2.75, 3.05) is 22.2 Å². The van der Waals surface area contributed by atoms with Crippen LogP contribution in [0.1, 0.15) is 6.42 Å². The summed E-state index contributed by atoms with van der Waals surface area (Å²) in [5.74, 6) is -1.07. The van der Waals surface area contributed by atoms with Gasteiger partial charge in [0.05, 0.1) is 16.8 Å².